The van der Waals surface area contributed by atoms with E-state index in [1.807, 2.05) is 12.1 Å². The fourth-order valence-electron chi connectivity index (χ4n) is 7.72. The third kappa shape index (κ3) is 5.21. The van der Waals surface area contributed by atoms with Crippen LogP contribution in [0, 0.1) is 23.2 Å². The minimum atomic E-state index is -0.110. The van der Waals surface area contributed by atoms with Gasteiger partial charge in [0.2, 0.25) is 11.8 Å². The first kappa shape index (κ1) is 22.7. The Morgan fingerprint density at radius 3 is 2.33 bits per heavy atom. The molecule has 5 aliphatic rings. The molecule has 6 nitrogen and oxygen atoms in total. The Kier molecular flexibility index (Phi) is 6.64. The first-order valence-electron chi connectivity index (χ1n) is 12.9. The monoisotopic (exact) mass is 453 g/mol. The van der Waals surface area contributed by atoms with E-state index in [-0.39, 0.29) is 29.8 Å². The summed E-state index contributed by atoms with van der Waals surface area (Å²) in [6.45, 7) is 2.69. The van der Waals surface area contributed by atoms with Crippen LogP contribution in [0.2, 0.25) is 0 Å². The summed E-state index contributed by atoms with van der Waals surface area (Å²) in [4.78, 5) is 27.8. The van der Waals surface area contributed by atoms with Crippen LogP contribution in [0.4, 0.5) is 0 Å². The fraction of sp³-hybridized carbons (Fsp3) is 0.704. The summed E-state index contributed by atoms with van der Waals surface area (Å²) in [5.74, 6) is 3.29. The van der Waals surface area contributed by atoms with E-state index >= 15 is 0 Å². The van der Waals surface area contributed by atoms with Gasteiger partial charge in [-0.3, -0.25) is 14.5 Å². The molecular formula is C27H39N3O3. The first-order valence-corrected chi connectivity index (χ1v) is 12.9. The Morgan fingerprint density at radius 2 is 1.70 bits per heavy atom. The molecule has 0 spiro atoms. The van der Waals surface area contributed by atoms with Crippen LogP contribution < -0.4 is 15.4 Å². The molecular weight excluding hydrogens is 414 g/mol. The zero-order chi connectivity index (χ0) is 22.8. The van der Waals surface area contributed by atoms with Gasteiger partial charge in [-0.05, 0) is 105 Å². The second kappa shape index (κ2) is 9.65. The Labute approximate surface area is 197 Å². The molecule has 1 aromatic rings. The zero-order valence-electron chi connectivity index (χ0n) is 20.0. The van der Waals surface area contributed by atoms with E-state index < -0.39 is 0 Å². The van der Waals surface area contributed by atoms with E-state index in [0.717, 1.165) is 42.2 Å². The van der Waals surface area contributed by atoms with E-state index in [2.05, 4.69) is 27.7 Å². The van der Waals surface area contributed by atoms with Crippen LogP contribution in [0.1, 0.15) is 69.4 Å². The average molecular weight is 454 g/mol. The quantitative estimate of drug-likeness (QED) is 0.599. The molecule has 1 aliphatic heterocycles. The van der Waals surface area contributed by atoms with Crippen LogP contribution in [-0.4, -0.2) is 50.0 Å². The Hall–Kier alpha value is -2.08. The number of benzene rings is 1. The highest BCUT2D eigenvalue weighted by Gasteiger charge is 2.51. The number of nitrogens with one attached hydrogen (secondary N) is 2. The lowest BCUT2D eigenvalue weighted by atomic mass is 9.49. The van der Waals surface area contributed by atoms with Crippen LogP contribution in [0.3, 0.4) is 0 Å². The maximum absolute atomic E-state index is 12.8. The number of rotatable bonds is 9. The largest absolute Gasteiger partial charge is 0.497 e. The van der Waals surface area contributed by atoms with E-state index in [9.17, 15) is 9.59 Å². The van der Waals surface area contributed by atoms with Crippen molar-refractivity contribution in [1.82, 2.24) is 15.5 Å². The van der Waals surface area contributed by atoms with Gasteiger partial charge in [0.05, 0.1) is 19.7 Å². The summed E-state index contributed by atoms with van der Waals surface area (Å²) < 4.78 is 5.40. The Morgan fingerprint density at radius 1 is 1.03 bits per heavy atom. The van der Waals surface area contributed by atoms with Crippen LogP contribution in [0.15, 0.2) is 24.3 Å². The molecule has 1 unspecified atom stereocenters. The van der Waals surface area contributed by atoms with Crippen molar-refractivity contribution in [2.24, 2.45) is 23.2 Å². The number of hydrogen-bond acceptors (Lipinski definition) is 4. The maximum atomic E-state index is 12.8. The molecule has 4 saturated carbocycles. The topological polar surface area (TPSA) is 70.7 Å². The van der Waals surface area contributed by atoms with E-state index in [0.29, 0.717) is 13.0 Å². The maximum Gasteiger partial charge on any atom is 0.239 e. The predicted octanol–water partition coefficient (Wildman–Crippen LogP) is 3.67. The highest BCUT2D eigenvalue weighted by atomic mass is 16.5. The lowest BCUT2D eigenvalue weighted by Gasteiger charge is -2.56. The minimum Gasteiger partial charge on any atom is -0.497 e. The number of likely N-dealkylation sites (tertiary alicyclic amines) is 1. The highest BCUT2D eigenvalue weighted by Crippen LogP contribution is 2.61. The lowest BCUT2D eigenvalue weighted by Crippen LogP contribution is -2.48. The smallest absolute Gasteiger partial charge is 0.239 e. The number of methoxy groups -OCH3 is 1. The molecule has 5 fully saturated rings. The predicted molar refractivity (Wildman–Crippen MR) is 128 cm³/mol. The van der Waals surface area contributed by atoms with Crippen molar-refractivity contribution in [2.45, 2.75) is 63.8 Å². The van der Waals surface area contributed by atoms with Crippen LogP contribution in [0.5, 0.6) is 5.75 Å². The number of carbonyl (C=O) groups is 2. The van der Waals surface area contributed by atoms with Gasteiger partial charge in [0.1, 0.15) is 5.75 Å². The third-order valence-electron chi connectivity index (χ3n) is 8.70. The summed E-state index contributed by atoms with van der Waals surface area (Å²) in [6, 6.07) is 8.23. The van der Waals surface area contributed by atoms with Crippen molar-refractivity contribution in [3.8, 4) is 5.75 Å². The van der Waals surface area contributed by atoms with Gasteiger partial charge in [0, 0.05) is 13.0 Å². The van der Waals surface area contributed by atoms with Gasteiger partial charge in [0.25, 0.3) is 0 Å². The molecule has 0 aromatic heterocycles. The van der Waals surface area contributed by atoms with Gasteiger partial charge < -0.3 is 15.4 Å². The van der Waals surface area contributed by atoms with Crippen molar-refractivity contribution in [1.29, 1.82) is 0 Å². The van der Waals surface area contributed by atoms with E-state index in [1.165, 1.54) is 51.4 Å². The zero-order valence-corrected chi connectivity index (χ0v) is 20.0. The SMILES string of the molecule is COc1cccc(C(CNC(=O)CNC(=O)CC23CC4CC(CC(C4)C2)C3)N2CCCC2)c1. The molecule has 33 heavy (non-hydrogen) atoms. The molecule has 0 radical (unpaired) electrons. The molecule has 1 heterocycles. The highest BCUT2D eigenvalue weighted by molar-refractivity contribution is 5.85. The second-order valence-corrected chi connectivity index (χ2v) is 11.2. The Balaban J connectivity index is 1.12. The van der Waals surface area contributed by atoms with E-state index in [1.54, 1.807) is 7.11 Å². The normalized spacial score (nSPS) is 31.4. The molecule has 6 rings (SSSR count). The molecule has 180 valence electrons. The van der Waals surface area contributed by atoms with Crippen molar-refractivity contribution >= 4 is 11.8 Å². The number of ether oxygens (including phenoxy) is 1. The van der Waals surface area contributed by atoms with Gasteiger partial charge in [-0.25, -0.2) is 0 Å². The van der Waals surface area contributed by atoms with Gasteiger partial charge >= 0.3 is 0 Å². The van der Waals surface area contributed by atoms with Gasteiger partial charge in [-0.15, -0.1) is 0 Å². The number of nitrogens with zero attached hydrogens (tertiary/aromatic N) is 1. The van der Waals surface area contributed by atoms with Crippen molar-refractivity contribution in [2.75, 3.05) is 33.3 Å². The van der Waals surface area contributed by atoms with Crippen molar-refractivity contribution < 1.29 is 14.3 Å². The standard InChI is InChI=1S/C27H39N3O3/c1-33-23-6-4-5-22(12-23)24(30-7-2-3-8-30)17-28-26(32)18-29-25(31)16-27-13-19-9-20(14-27)11-21(10-19)15-27/h4-6,12,19-21,24H,2-3,7-11,13-18H2,1H3,(H,28,32)(H,29,31). The summed E-state index contributed by atoms with van der Waals surface area (Å²) in [5, 5.41) is 6.00. The lowest BCUT2D eigenvalue weighted by molar-refractivity contribution is -0.132. The molecule has 2 N–H and O–H groups in total. The summed E-state index contributed by atoms with van der Waals surface area (Å²) >= 11 is 0. The molecule has 1 atom stereocenters. The summed E-state index contributed by atoms with van der Waals surface area (Å²) in [6.07, 6.45) is 10.8. The summed E-state index contributed by atoms with van der Waals surface area (Å²) in [5.41, 5.74) is 1.37. The van der Waals surface area contributed by atoms with Crippen LogP contribution >= 0.6 is 0 Å². The van der Waals surface area contributed by atoms with Crippen molar-refractivity contribution in [3.05, 3.63) is 29.8 Å². The number of hydrogen-bond donors (Lipinski definition) is 2. The first-order chi connectivity index (χ1) is 16.0. The van der Waals surface area contributed by atoms with Crippen molar-refractivity contribution in [3.63, 3.8) is 0 Å². The fourth-order valence-corrected chi connectivity index (χ4v) is 7.72. The van der Waals surface area contributed by atoms with E-state index in [4.69, 9.17) is 4.74 Å². The van der Waals surface area contributed by atoms with Gasteiger partial charge in [0.15, 0.2) is 0 Å². The molecule has 4 bridgehead atoms. The number of carbonyl (C=O) groups excluding carboxylic acids is 2. The third-order valence-corrected chi connectivity index (χ3v) is 8.70. The molecule has 4 aliphatic carbocycles. The number of amides is 2. The average Bonchev–Trinajstić information content (AvgIpc) is 3.31. The molecule has 2 amide bonds. The molecule has 6 heteroatoms. The molecule has 1 aromatic carbocycles. The summed E-state index contributed by atoms with van der Waals surface area (Å²) in [7, 11) is 1.68. The van der Waals surface area contributed by atoms with Crippen LogP contribution in [-0.2, 0) is 9.59 Å². The van der Waals surface area contributed by atoms with Gasteiger partial charge in [-0.2, -0.15) is 0 Å². The molecule has 1 saturated heterocycles. The minimum absolute atomic E-state index is 0.0518. The van der Waals surface area contributed by atoms with Gasteiger partial charge in [-0.1, -0.05) is 12.1 Å². The second-order valence-electron chi connectivity index (χ2n) is 11.2. The Bertz CT molecular complexity index is 829. The van der Waals surface area contributed by atoms with Crippen LogP contribution in [0.25, 0.3) is 0 Å².